The lowest BCUT2D eigenvalue weighted by atomic mass is 9.74. The van der Waals surface area contributed by atoms with E-state index in [9.17, 15) is 14.0 Å². The maximum atomic E-state index is 13.9. The molecule has 1 saturated carbocycles. The van der Waals surface area contributed by atoms with E-state index >= 15 is 0 Å². The van der Waals surface area contributed by atoms with Crippen LogP contribution >= 0.6 is 11.6 Å². The molecule has 0 spiro atoms. The molecule has 3 aromatic carbocycles. The number of carbonyl (C=O) groups excluding carboxylic acids is 2. The molecular formula is C30H29ClFN3O2. The van der Waals surface area contributed by atoms with E-state index in [0.717, 1.165) is 17.8 Å². The van der Waals surface area contributed by atoms with Crippen molar-refractivity contribution in [3.05, 3.63) is 93.8 Å². The number of amides is 2. The zero-order valence-electron chi connectivity index (χ0n) is 20.7. The highest BCUT2D eigenvalue weighted by Crippen LogP contribution is 2.44. The number of rotatable bonds is 3. The van der Waals surface area contributed by atoms with E-state index in [0.29, 0.717) is 41.4 Å². The fourth-order valence-corrected chi connectivity index (χ4v) is 6.69. The van der Waals surface area contributed by atoms with Crippen LogP contribution in [0, 0.1) is 18.7 Å². The van der Waals surface area contributed by atoms with Crippen LogP contribution in [0.5, 0.6) is 0 Å². The molecule has 3 heterocycles. The number of nitrogens with zero attached hydrogens (tertiary/aromatic N) is 2. The standard InChI is InChI=1S/C30H29ClFN3O2/c1-18-12-21(14-22(32)13-18)29(36)33-23-8-11-25(26(31)15-23)30(37)35-17-28-19-6-9-24(10-7-19)34(28)16-20-4-2-3-5-27(20)35/h2-5,8,11-15,19,24,28H,6-7,9-10,16-17H2,1H3,(H,33,36)/t19?,24?,28-/m1/s1. The summed E-state index contributed by atoms with van der Waals surface area (Å²) in [6.45, 7) is 3.24. The summed E-state index contributed by atoms with van der Waals surface area (Å²) >= 11 is 6.62. The van der Waals surface area contributed by atoms with Crippen LogP contribution in [0.15, 0.2) is 60.7 Å². The average molecular weight is 518 g/mol. The van der Waals surface area contributed by atoms with Gasteiger partial charge in [0.15, 0.2) is 0 Å². The van der Waals surface area contributed by atoms with Gasteiger partial charge in [-0.05, 0) is 92.1 Å². The molecule has 0 radical (unpaired) electrons. The largest absolute Gasteiger partial charge is 0.322 e. The Morgan fingerprint density at radius 1 is 1.00 bits per heavy atom. The molecule has 7 heteroatoms. The summed E-state index contributed by atoms with van der Waals surface area (Å²) < 4.78 is 13.8. The van der Waals surface area contributed by atoms with Crippen LogP contribution in [0.1, 0.15) is 57.5 Å². The lowest BCUT2D eigenvalue weighted by Crippen LogP contribution is -2.57. The highest BCUT2D eigenvalue weighted by molar-refractivity contribution is 6.35. The van der Waals surface area contributed by atoms with Crippen LogP contribution in [0.25, 0.3) is 0 Å². The summed E-state index contributed by atoms with van der Waals surface area (Å²) in [4.78, 5) is 31.1. The second kappa shape index (κ2) is 9.58. The lowest BCUT2D eigenvalue weighted by molar-refractivity contribution is -0.0121. The van der Waals surface area contributed by atoms with Crippen molar-refractivity contribution in [2.45, 2.75) is 51.2 Å². The van der Waals surface area contributed by atoms with E-state index in [2.05, 4.69) is 16.3 Å². The first-order chi connectivity index (χ1) is 17.9. The van der Waals surface area contributed by atoms with Crippen molar-refractivity contribution in [1.82, 2.24) is 4.90 Å². The molecule has 1 aliphatic carbocycles. The third-order valence-corrected chi connectivity index (χ3v) is 8.51. The molecule has 2 saturated heterocycles. The molecular weight excluding hydrogens is 489 g/mol. The molecule has 1 N–H and O–H groups in total. The maximum Gasteiger partial charge on any atom is 0.259 e. The van der Waals surface area contributed by atoms with Crippen LogP contribution in [0.4, 0.5) is 15.8 Å². The summed E-state index contributed by atoms with van der Waals surface area (Å²) in [5, 5.41) is 3.02. The van der Waals surface area contributed by atoms with E-state index in [1.54, 1.807) is 31.2 Å². The fraction of sp³-hybridized carbons (Fsp3) is 0.333. The van der Waals surface area contributed by atoms with E-state index in [4.69, 9.17) is 11.6 Å². The molecule has 2 amide bonds. The van der Waals surface area contributed by atoms with E-state index in [1.807, 2.05) is 23.1 Å². The summed E-state index contributed by atoms with van der Waals surface area (Å²) in [5.74, 6) is -0.438. The number of para-hydroxylation sites is 1. The second-order valence-electron chi connectivity index (χ2n) is 10.5. The van der Waals surface area contributed by atoms with Crippen LogP contribution < -0.4 is 10.2 Å². The fourth-order valence-electron chi connectivity index (χ4n) is 6.42. The van der Waals surface area contributed by atoms with Gasteiger partial charge in [0.05, 0.1) is 10.6 Å². The summed E-state index contributed by atoms with van der Waals surface area (Å²) in [7, 11) is 0. The van der Waals surface area contributed by atoms with E-state index in [-0.39, 0.29) is 16.5 Å². The zero-order valence-corrected chi connectivity index (χ0v) is 21.5. The van der Waals surface area contributed by atoms with Gasteiger partial charge < -0.3 is 10.2 Å². The number of aryl methyl sites for hydroxylation is 1. The minimum Gasteiger partial charge on any atom is -0.322 e. The van der Waals surface area contributed by atoms with Gasteiger partial charge >= 0.3 is 0 Å². The zero-order chi connectivity index (χ0) is 25.7. The summed E-state index contributed by atoms with van der Waals surface area (Å²) in [5.41, 5.74) is 3.83. The SMILES string of the molecule is Cc1cc(F)cc(C(=O)Nc2ccc(C(=O)N3C[C@@H]4C5CCC(CC5)N4Cc4ccccc43)c(Cl)c2)c1. The number of benzene rings is 3. The van der Waals surface area contributed by atoms with Crippen molar-refractivity contribution in [2.75, 3.05) is 16.8 Å². The Kier molecular flexibility index (Phi) is 6.25. The van der Waals surface area contributed by atoms with Crippen molar-refractivity contribution < 1.29 is 14.0 Å². The predicted octanol–water partition coefficient (Wildman–Crippen LogP) is 6.44. The Hall–Kier alpha value is -3.22. The Bertz CT molecular complexity index is 1360. The van der Waals surface area contributed by atoms with Gasteiger partial charge in [-0.15, -0.1) is 0 Å². The molecule has 2 bridgehead atoms. The Balaban J connectivity index is 1.27. The summed E-state index contributed by atoms with van der Waals surface area (Å²) in [6, 6.07) is 18.2. The molecule has 3 fully saturated rings. The Labute approximate surface area is 221 Å². The van der Waals surface area contributed by atoms with Crippen LogP contribution in [0.3, 0.4) is 0 Å². The monoisotopic (exact) mass is 517 g/mol. The predicted molar refractivity (Wildman–Crippen MR) is 144 cm³/mol. The minimum absolute atomic E-state index is 0.139. The van der Waals surface area contributed by atoms with Crippen molar-refractivity contribution in [2.24, 2.45) is 5.92 Å². The maximum absolute atomic E-state index is 13.9. The minimum atomic E-state index is -0.466. The van der Waals surface area contributed by atoms with Crippen molar-refractivity contribution in [1.29, 1.82) is 0 Å². The van der Waals surface area contributed by atoms with Gasteiger partial charge in [0, 0.05) is 42.1 Å². The quantitative estimate of drug-likeness (QED) is 0.435. The van der Waals surface area contributed by atoms with Gasteiger partial charge in [0.2, 0.25) is 0 Å². The van der Waals surface area contributed by atoms with E-state index in [1.165, 1.54) is 37.8 Å². The van der Waals surface area contributed by atoms with Crippen LogP contribution in [-0.2, 0) is 6.54 Å². The number of piperidine rings is 2. The third-order valence-electron chi connectivity index (χ3n) is 8.19. The van der Waals surface area contributed by atoms with Crippen molar-refractivity contribution >= 4 is 34.8 Å². The van der Waals surface area contributed by atoms with Gasteiger partial charge in [-0.2, -0.15) is 0 Å². The van der Waals surface area contributed by atoms with Gasteiger partial charge in [-0.25, -0.2) is 4.39 Å². The van der Waals surface area contributed by atoms with E-state index < -0.39 is 11.7 Å². The highest BCUT2D eigenvalue weighted by atomic mass is 35.5. The first-order valence-corrected chi connectivity index (χ1v) is 13.3. The number of nitrogens with one attached hydrogen (secondary N) is 1. The molecule has 3 aliphatic heterocycles. The normalized spacial score (nSPS) is 22.7. The smallest absolute Gasteiger partial charge is 0.259 e. The number of anilines is 2. The highest BCUT2D eigenvalue weighted by Gasteiger charge is 2.45. The van der Waals surface area contributed by atoms with Gasteiger partial charge in [0.25, 0.3) is 11.8 Å². The molecule has 190 valence electrons. The van der Waals surface area contributed by atoms with Crippen LogP contribution in [-0.4, -0.2) is 35.3 Å². The molecule has 3 aromatic rings. The number of hydrogen-bond acceptors (Lipinski definition) is 3. The average Bonchev–Trinajstić information content (AvgIpc) is 3.07. The molecule has 1 atom stereocenters. The number of halogens is 2. The number of carbonyl (C=O) groups is 2. The molecule has 4 aliphatic rings. The number of fused-ring (bicyclic) bond motifs is 3. The van der Waals surface area contributed by atoms with Gasteiger partial charge in [0.1, 0.15) is 5.82 Å². The summed E-state index contributed by atoms with van der Waals surface area (Å²) in [6.07, 6.45) is 4.94. The second-order valence-corrected chi connectivity index (χ2v) is 10.9. The van der Waals surface area contributed by atoms with Crippen molar-refractivity contribution in [3.8, 4) is 0 Å². The molecule has 37 heavy (non-hydrogen) atoms. The van der Waals surface area contributed by atoms with Crippen molar-refractivity contribution in [3.63, 3.8) is 0 Å². The van der Waals surface area contributed by atoms with Gasteiger partial charge in [-0.1, -0.05) is 29.8 Å². The van der Waals surface area contributed by atoms with Gasteiger partial charge in [-0.3, -0.25) is 14.5 Å². The lowest BCUT2D eigenvalue weighted by Gasteiger charge is -2.51. The third kappa shape index (κ3) is 4.53. The Morgan fingerprint density at radius 3 is 2.54 bits per heavy atom. The topological polar surface area (TPSA) is 52.7 Å². The molecule has 0 unspecified atom stereocenters. The molecule has 5 nitrogen and oxygen atoms in total. The van der Waals surface area contributed by atoms with Crippen LogP contribution in [0.2, 0.25) is 5.02 Å². The molecule has 0 aromatic heterocycles. The first-order valence-electron chi connectivity index (χ1n) is 12.9. The number of hydrogen-bond donors (Lipinski definition) is 1. The Morgan fingerprint density at radius 2 is 1.78 bits per heavy atom. The first kappa shape index (κ1) is 24.1. The molecule has 7 rings (SSSR count).